The highest BCUT2D eigenvalue weighted by Crippen LogP contribution is 2.18. The van der Waals surface area contributed by atoms with Crippen molar-refractivity contribution in [2.24, 2.45) is 0 Å². The van der Waals surface area contributed by atoms with Crippen molar-refractivity contribution >= 4 is 29.3 Å². The maximum Gasteiger partial charge on any atom is 0.304 e. The maximum absolute atomic E-state index is 11.7. The van der Waals surface area contributed by atoms with Gasteiger partial charge in [0.1, 0.15) is 5.75 Å². The molecule has 19 heavy (non-hydrogen) atoms. The number of rotatable bonds is 7. The first-order chi connectivity index (χ1) is 9.01. The van der Waals surface area contributed by atoms with Gasteiger partial charge in [0.15, 0.2) is 0 Å². The standard InChI is InChI=1S/C13H17NO4S/c1-9(6-13(16)17)19-8-12(15)14-10-4-3-5-11(7-10)18-2/h3-5,7,9H,6,8H2,1-2H3,(H,14,15)(H,16,17). The third-order valence-corrected chi connectivity index (χ3v) is 3.48. The third kappa shape index (κ3) is 6.15. The van der Waals surface area contributed by atoms with Gasteiger partial charge in [0.05, 0.1) is 19.3 Å². The van der Waals surface area contributed by atoms with Gasteiger partial charge in [-0.05, 0) is 12.1 Å². The van der Waals surface area contributed by atoms with E-state index in [0.29, 0.717) is 11.4 Å². The molecule has 104 valence electrons. The van der Waals surface area contributed by atoms with Gasteiger partial charge in [-0.25, -0.2) is 0 Å². The van der Waals surface area contributed by atoms with Gasteiger partial charge in [0.2, 0.25) is 5.91 Å². The first kappa shape index (κ1) is 15.4. The average Bonchev–Trinajstić information content (AvgIpc) is 2.36. The number of carbonyl (C=O) groups excluding carboxylic acids is 1. The summed E-state index contributed by atoms with van der Waals surface area (Å²) in [5.41, 5.74) is 0.663. The number of nitrogens with one attached hydrogen (secondary N) is 1. The topological polar surface area (TPSA) is 75.6 Å². The lowest BCUT2D eigenvalue weighted by atomic mass is 10.3. The number of carbonyl (C=O) groups is 2. The largest absolute Gasteiger partial charge is 0.497 e. The highest BCUT2D eigenvalue weighted by atomic mass is 32.2. The van der Waals surface area contributed by atoms with Gasteiger partial charge in [-0.3, -0.25) is 9.59 Å². The van der Waals surface area contributed by atoms with Crippen molar-refractivity contribution in [3.63, 3.8) is 0 Å². The first-order valence-electron chi connectivity index (χ1n) is 5.78. The van der Waals surface area contributed by atoms with Crippen LogP contribution >= 0.6 is 11.8 Å². The molecular formula is C13H17NO4S. The van der Waals surface area contributed by atoms with Crippen LogP contribution in [0.2, 0.25) is 0 Å². The number of ether oxygens (including phenoxy) is 1. The zero-order chi connectivity index (χ0) is 14.3. The predicted molar refractivity (Wildman–Crippen MR) is 75.8 cm³/mol. The number of hydrogen-bond donors (Lipinski definition) is 2. The quantitative estimate of drug-likeness (QED) is 0.802. The van der Waals surface area contributed by atoms with Crippen LogP contribution < -0.4 is 10.1 Å². The SMILES string of the molecule is COc1cccc(NC(=O)CSC(C)CC(=O)O)c1. The van der Waals surface area contributed by atoms with Crippen molar-refractivity contribution in [3.8, 4) is 5.75 Å². The molecule has 2 N–H and O–H groups in total. The fourth-order valence-corrected chi connectivity index (χ4v) is 2.19. The molecule has 1 atom stereocenters. The van der Waals surface area contributed by atoms with E-state index in [2.05, 4.69) is 5.32 Å². The molecule has 6 heteroatoms. The Morgan fingerprint density at radius 1 is 1.47 bits per heavy atom. The van der Waals surface area contributed by atoms with E-state index in [9.17, 15) is 9.59 Å². The highest BCUT2D eigenvalue weighted by Gasteiger charge is 2.11. The molecule has 1 aromatic carbocycles. The summed E-state index contributed by atoms with van der Waals surface area (Å²) in [6.45, 7) is 1.79. The minimum Gasteiger partial charge on any atom is -0.497 e. The van der Waals surface area contributed by atoms with Gasteiger partial charge >= 0.3 is 5.97 Å². The lowest BCUT2D eigenvalue weighted by Crippen LogP contribution is -2.16. The van der Waals surface area contributed by atoms with Gasteiger partial charge < -0.3 is 15.2 Å². The molecule has 0 saturated carbocycles. The van der Waals surface area contributed by atoms with Crippen LogP contribution in [0.5, 0.6) is 5.75 Å². The molecule has 5 nitrogen and oxygen atoms in total. The number of thioether (sulfide) groups is 1. The molecule has 0 aliphatic rings. The molecular weight excluding hydrogens is 266 g/mol. The third-order valence-electron chi connectivity index (χ3n) is 2.31. The lowest BCUT2D eigenvalue weighted by Gasteiger charge is -2.09. The number of aliphatic carboxylic acids is 1. The average molecular weight is 283 g/mol. The Hall–Kier alpha value is -1.69. The molecule has 1 rings (SSSR count). The summed E-state index contributed by atoms with van der Waals surface area (Å²) in [7, 11) is 1.56. The van der Waals surface area contributed by atoms with Crippen molar-refractivity contribution in [2.75, 3.05) is 18.2 Å². The number of anilines is 1. The summed E-state index contributed by atoms with van der Waals surface area (Å²) in [6.07, 6.45) is 0.0527. The molecule has 0 heterocycles. The number of hydrogen-bond acceptors (Lipinski definition) is 4. The maximum atomic E-state index is 11.7. The van der Waals surface area contributed by atoms with Crippen molar-refractivity contribution in [1.29, 1.82) is 0 Å². The van der Waals surface area contributed by atoms with Gasteiger partial charge in [0, 0.05) is 17.0 Å². The monoisotopic (exact) mass is 283 g/mol. The van der Waals surface area contributed by atoms with Crippen molar-refractivity contribution in [2.45, 2.75) is 18.6 Å². The Morgan fingerprint density at radius 3 is 2.84 bits per heavy atom. The zero-order valence-electron chi connectivity index (χ0n) is 10.9. The summed E-state index contributed by atoms with van der Waals surface area (Å²) < 4.78 is 5.06. The molecule has 1 unspecified atom stereocenters. The Labute approximate surface area is 116 Å². The van der Waals surface area contributed by atoms with E-state index in [1.165, 1.54) is 11.8 Å². The number of benzene rings is 1. The molecule has 0 aromatic heterocycles. The first-order valence-corrected chi connectivity index (χ1v) is 6.83. The van der Waals surface area contributed by atoms with Crippen LogP contribution in [0.25, 0.3) is 0 Å². The van der Waals surface area contributed by atoms with Crippen LogP contribution in [0.4, 0.5) is 5.69 Å². The van der Waals surface area contributed by atoms with Crippen LogP contribution in [-0.2, 0) is 9.59 Å². The Kier molecular flexibility index (Phi) is 6.21. The second-order valence-electron chi connectivity index (χ2n) is 4.00. The molecule has 0 radical (unpaired) electrons. The smallest absolute Gasteiger partial charge is 0.304 e. The molecule has 0 aliphatic carbocycles. The van der Waals surface area contributed by atoms with E-state index in [4.69, 9.17) is 9.84 Å². The van der Waals surface area contributed by atoms with E-state index < -0.39 is 5.97 Å². The summed E-state index contributed by atoms with van der Waals surface area (Å²) in [4.78, 5) is 22.2. The molecule has 0 bridgehead atoms. The highest BCUT2D eigenvalue weighted by molar-refractivity contribution is 8.00. The van der Waals surface area contributed by atoms with Gasteiger partial charge in [-0.1, -0.05) is 13.0 Å². The summed E-state index contributed by atoms with van der Waals surface area (Å²) in [5, 5.41) is 11.3. The van der Waals surface area contributed by atoms with Gasteiger partial charge in [0.25, 0.3) is 0 Å². The fourth-order valence-electron chi connectivity index (χ4n) is 1.42. The van der Waals surface area contributed by atoms with Gasteiger partial charge in [-0.15, -0.1) is 11.8 Å². The minimum atomic E-state index is -0.854. The molecule has 0 aliphatic heterocycles. The molecule has 0 saturated heterocycles. The van der Waals surface area contributed by atoms with Crippen LogP contribution in [0.3, 0.4) is 0 Å². The number of methoxy groups -OCH3 is 1. The molecule has 1 aromatic rings. The van der Waals surface area contributed by atoms with Crippen LogP contribution in [0.1, 0.15) is 13.3 Å². The van der Waals surface area contributed by atoms with Gasteiger partial charge in [-0.2, -0.15) is 0 Å². The fraction of sp³-hybridized carbons (Fsp3) is 0.385. The van der Waals surface area contributed by atoms with E-state index in [1.54, 1.807) is 38.3 Å². The van der Waals surface area contributed by atoms with Crippen molar-refractivity contribution in [1.82, 2.24) is 0 Å². The minimum absolute atomic E-state index is 0.0527. The summed E-state index contributed by atoms with van der Waals surface area (Å²) in [5.74, 6) is -0.112. The Balaban J connectivity index is 2.40. The van der Waals surface area contributed by atoms with Crippen molar-refractivity contribution in [3.05, 3.63) is 24.3 Å². The predicted octanol–water partition coefficient (Wildman–Crippen LogP) is 2.23. The summed E-state index contributed by atoms with van der Waals surface area (Å²) >= 11 is 1.32. The molecule has 0 spiro atoms. The molecule has 1 amide bonds. The Bertz CT molecular complexity index is 450. The van der Waals surface area contributed by atoms with Crippen LogP contribution in [-0.4, -0.2) is 35.1 Å². The lowest BCUT2D eigenvalue weighted by molar-refractivity contribution is -0.136. The zero-order valence-corrected chi connectivity index (χ0v) is 11.7. The molecule has 0 fully saturated rings. The van der Waals surface area contributed by atoms with Crippen LogP contribution in [0.15, 0.2) is 24.3 Å². The normalized spacial score (nSPS) is 11.7. The number of carboxylic acid groups (broad SMARTS) is 1. The van der Waals surface area contributed by atoms with Crippen molar-refractivity contribution < 1.29 is 19.4 Å². The van der Waals surface area contributed by atoms with E-state index in [1.807, 2.05) is 0 Å². The van der Waals surface area contributed by atoms with E-state index in [-0.39, 0.29) is 23.3 Å². The number of carboxylic acids is 1. The Morgan fingerprint density at radius 2 is 2.21 bits per heavy atom. The van der Waals surface area contributed by atoms with E-state index >= 15 is 0 Å². The van der Waals surface area contributed by atoms with E-state index in [0.717, 1.165) is 0 Å². The number of amides is 1. The van der Waals surface area contributed by atoms with Crippen LogP contribution in [0, 0.1) is 0 Å². The second-order valence-corrected chi connectivity index (χ2v) is 5.43. The second kappa shape index (κ2) is 7.68. The summed E-state index contributed by atoms with van der Waals surface area (Å²) in [6, 6.07) is 7.07.